The topological polar surface area (TPSA) is 62.7 Å². The van der Waals surface area contributed by atoms with Crippen LogP contribution in [-0.2, 0) is 0 Å². The Bertz CT molecular complexity index is 670. The highest BCUT2D eigenvalue weighted by Gasteiger charge is 2.27. The van der Waals surface area contributed by atoms with E-state index in [4.69, 9.17) is 0 Å². The molecule has 0 saturated heterocycles. The van der Waals surface area contributed by atoms with Crippen LogP contribution in [0.1, 0.15) is 17.0 Å². The van der Waals surface area contributed by atoms with Gasteiger partial charge < -0.3 is 10.6 Å². The van der Waals surface area contributed by atoms with Crippen LogP contribution in [0, 0.1) is 20.8 Å². The van der Waals surface area contributed by atoms with Gasteiger partial charge in [0.05, 0.1) is 0 Å². The summed E-state index contributed by atoms with van der Waals surface area (Å²) in [6.07, 6.45) is -4.33. The fourth-order valence-electron chi connectivity index (χ4n) is 1.87. The Kier molecular flexibility index (Phi) is 4.48. The molecular formula is C14H16F3N5. The highest BCUT2D eigenvalue weighted by molar-refractivity contribution is 5.59. The Morgan fingerprint density at radius 2 is 1.68 bits per heavy atom. The summed E-state index contributed by atoms with van der Waals surface area (Å²) in [5, 5.41) is 5.14. The van der Waals surface area contributed by atoms with E-state index >= 15 is 0 Å². The zero-order chi connectivity index (χ0) is 16.3. The number of hydrogen-bond acceptors (Lipinski definition) is 5. The third kappa shape index (κ3) is 4.57. The number of anilines is 3. The van der Waals surface area contributed by atoms with Gasteiger partial charge in [-0.2, -0.15) is 28.1 Å². The highest BCUT2D eigenvalue weighted by atomic mass is 19.4. The SMILES string of the molecule is Cc1ccc(Nc2nc(C)nc(NCC(F)(F)F)n2)c(C)c1. The van der Waals surface area contributed by atoms with Gasteiger partial charge in [-0.3, -0.25) is 0 Å². The number of nitrogens with one attached hydrogen (secondary N) is 2. The summed E-state index contributed by atoms with van der Waals surface area (Å²) >= 11 is 0. The number of aryl methyl sites for hydroxylation is 3. The van der Waals surface area contributed by atoms with Gasteiger partial charge in [0.1, 0.15) is 12.4 Å². The maximum absolute atomic E-state index is 12.2. The minimum absolute atomic E-state index is 0.114. The number of benzene rings is 1. The predicted octanol–water partition coefficient (Wildman–Crippen LogP) is 3.51. The van der Waals surface area contributed by atoms with Crippen LogP contribution in [0.5, 0.6) is 0 Å². The normalized spacial score (nSPS) is 11.4. The highest BCUT2D eigenvalue weighted by Crippen LogP contribution is 2.20. The van der Waals surface area contributed by atoms with E-state index in [9.17, 15) is 13.2 Å². The predicted molar refractivity (Wildman–Crippen MR) is 78.3 cm³/mol. The summed E-state index contributed by atoms with van der Waals surface area (Å²) in [4.78, 5) is 11.9. The smallest absolute Gasteiger partial charge is 0.345 e. The summed E-state index contributed by atoms with van der Waals surface area (Å²) in [6.45, 7) is 4.29. The first kappa shape index (κ1) is 16.0. The van der Waals surface area contributed by atoms with Gasteiger partial charge >= 0.3 is 6.18 Å². The van der Waals surface area contributed by atoms with Crippen molar-refractivity contribution < 1.29 is 13.2 Å². The lowest BCUT2D eigenvalue weighted by atomic mass is 10.1. The van der Waals surface area contributed by atoms with Gasteiger partial charge in [0.15, 0.2) is 0 Å². The van der Waals surface area contributed by atoms with E-state index in [0.717, 1.165) is 16.8 Å². The lowest BCUT2D eigenvalue weighted by molar-refractivity contribution is -0.115. The molecule has 0 fully saturated rings. The Balaban J connectivity index is 2.19. The molecule has 0 aliphatic carbocycles. The molecule has 2 N–H and O–H groups in total. The molecule has 8 heteroatoms. The summed E-state index contributed by atoms with van der Waals surface area (Å²) in [6, 6.07) is 5.78. The van der Waals surface area contributed by atoms with Crippen molar-refractivity contribution in [2.45, 2.75) is 26.9 Å². The molecule has 0 radical (unpaired) electrons. The third-order valence-corrected chi connectivity index (χ3v) is 2.82. The molecule has 0 amide bonds. The zero-order valence-corrected chi connectivity index (χ0v) is 12.4. The Morgan fingerprint density at radius 1 is 1.00 bits per heavy atom. The van der Waals surface area contributed by atoms with E-state index in [1.165, 1.54) is 0 Å². The molecule has 2 aromatic rings. The summed E-state index contributed by atoms with van der Waals surface area (Å²) in [5.41, 5.74) is 2.89. The van der Waals surface area contributed by atoms with Gasteiger partial charge in [-0.1, -0.05) is 17.7 Å². The molecule has 0 aliphatic heterocycles. The van der Waals surface area contributed by atoms with E-state index in [0.29, 0.717) is 5.82 Å². The van der Waals surface area contributed by atoms with Gasteiger partial charge in [0.2, 0.25) is 11.9 Å². The first-order valence-electron chi connectivity index (χ1n) is 6.60. The molecular weight excluding hydrogens is 295 g/mol. The van der Waals surface area contributed by atoms with E-state index in [-0.39, 0.29) is 11.9 Å². The second-order valence-corrected chi connectivity index (χ2v) is 4.94. The minimum Gasteiger partial charge on any atom is -0.345 e. The molecule has 0 spiro atoms. The Morgan fingerprint density at radius 3 is 2.32 bits per heavy atom. The van der Waals surface area contributed by atoms with Crippen molar-refractivity contribution in [2.75, 3.05) is 17.2 Å². The fourth-order valence-corrected chi connectivity index (χ4v) is 1.87. The van der Waals surface area contributed by atoms with E-state index < -0.39 is 12.7 Å². The summed E-state index contributed by atoms with van der Waals surface area (Å²) < 4.78 is 36.7. The first-order valence-corrected chi connectivity index (χ1v) is 6.60. The van der Waals surface area contributed by atoms with Gasteiger partial charge in [0, 0.05) is 5.69 Å². The maximum atomic E-state index is 12.2. The van der Waals surface area contributed by atoms with E-state index in [1.807, 2.05) is 32.0 Å². The molecule has 22 heavy (non-hydrogen) atoms. The quantitative estimate of drug-likeness (QED) is 0.904. The van der Waals surface area contributed by atoms with Crippen molar-refractivity contribution in [3.8, 4) is 0 Å². The van der Waals surface area contributed by atoms with Crippen molar-refractivity contribution in [2.24, 2.45) is 0 Å². The van der Waals surface area contributed by atoms with Crippen molar-refractivity contribution in [3.63, 3.8) is 0 Å². The van der Waals surface area contributed by atoms with Crippen LogP contribution in [0.15, 0.2) is 18.2 Å². The van der Waals surface area contributed by atoms with Gasteiger partial charge in [-0.05, 0) is 32.4 Å². The number of alkyl halides is 3. The van der Waals surface area contributed by atoms with Crippen LogP contribution in [0.2, 0.25) is 0 Å². The molecule has 2 rings (SSSR count). The molecule has 5 nitrogen and oxygen atoms in total. The van der Waals surface area contributed by atoms with Crippen LogP contribution in [0.3, 0.4) is 0 Å². The minimum atomic E-state index is -4.33. The summed E-state index contributed by atoms with van der Waals surface area (Å²) in [5.74, 6) is 0.410. The van der Waals surface area contributed by atoms with Gasteiger partial charge in [0.25, 0.3) is 0 Å². The van der Waals surface area contributed by atoms with Crippen molar-refractivity contribution in [1.29, 1.82) is 0 Å². The van der Waals surface area contributed by atoms with Crippen molar-refractivity contribution in [3.05, 3.63) is 35.2 Å². The number of rotatable bonds is 4. The molecule has 0 aliphatic rings. The lowest BCUT2D eigenvalue weighted by Crippen LogP contribution is -2.22. The molecule has 0 saturated carbocycles. The molecule has 1 aromatic heterocycles. The standard InChI is InChI=1S/C14H16F3N5/c1-8-4-5-11(9(2)6-8)21-13-20-10(3)19-12(22-13)18-7-14(15,16)17/h4-6H,7H2,1-3H3,(H2,18,19,20,21,22). The average molecular weight is 311 g/mol. The van der Waals surface area contributed by atoms with Crippen LogP contribution in [-0.4, -0.2) is 27.7 Å². The maximum Gasteiger partial charge on any atom is 0.405 e. The van der Waals surface area contributed by atoms with Crippen molar-refractivity contribution in [1.82, 2.24) is 15.0 Å². The Labute approximate surface area is 126 Å². The third-order valence-electron chi connectivity index (χ3n) is 2.82. The zero-order valence-electron chi connectivity index (χ0n) is 12.4. The summed E-state index contributed by atoms with van der Waals surface area (Å²) in [7, 11) is 0. The largest absolute Gasteiger partial charge is 0.405 e. The van der Waals surface area contributed by atoms with Gasteiger partial charge in [-0.25, -0.2) is 0 Å². The molecule has 1 aromatic carbocycles. The van der Waals surface area contributed by atoms with Crippen LogP contribution >= 0.6 is 0 Å². The van der Waals surface area contributed by atoms with Crippen LogP contribution in [0.25, 0.3) is 0 Å². The fraction of sp³-hybridized carbons (Fsp3) is 0.357. The first-order chi connectivity index (χ1) is 10.2. The second-order valence-electron chi connectivity index (χ2n) is 4.94. The molecule has 1 heterocycles. The van der Waals surface area contributed by atoms with Crippen LogP contribution in [0.4, 0.5) is 30.8 Å². The second kappa shape index (κ2) is 6.17. The molecule has 0 bridgehead atoms. The monoisotopic (exact) mass is 311 g/mol. The lowest BCUT2D eigenvalue weighted by Gasteiger charge is -2.12. The number of halogens is 3. The van der Waals surface area contributed by atoms with E-state index in [1.54, 1.807) is 6.92 Å². The van der Waals surface area contributed by atoms with Gasteiger partial charge in [-0.15, -0.1) is 0 Å². The molecule has 0 atom stereocenters. The number of hydrogen-bond donors (Lipinski definition) is 2. The molecule has 0 unspecified atom stereocenters. The number of aromatic nitrogens is 3. The van der Waals surface area contributed by atoms with E-state index in [2.05, 4.69) is 25.6 Å². The van der Waals surface area contributed by atoms with Crippen LogP contribution < -0.4 is 10.6 Å². The average Bonchev–Trinajstić information content (AvgIpc) is 2.38. The van der Waals surface area contributed by atoms with Crippen molar-refractivity contribution >= 4 is 17.6 Å². The molecule has 118 valence electrons. The Hall–Kier alpha value is -2.38. The number of nitrogens with zero attached hydrogens (tertiary/aromatic N) is 3.